The van der Waals surface area contributed by atoms with E-state index in [9.17, 15) is 9.59 Å². The molecule has 0 spiro atoms. The van der Waals surface area contributed by atoms with Gasteiger partial charge in [0.1, 0.15) is 0 Å². The largest absolute Gasteiger partial charge is 0.465 e. The zero-order valence-electron chi connectivity index (χ0n) is 13.6. The molecule has 0 N–H and O–H groups in total. The molecule has 0 saturated heterocycles. The minimum Gasteiger partial charge on any atom is -0.465 e. The Labute approximate surface area is 135 Å². The summed E-state index contributed by atoms with van der Waals surface area (Å²) in [6.45, 7) is 1.68. The second-order valence-electron chi connectivity index (χ2n) is 5.28. The maximum atomic E-state index is 12.2. The lowest BCUT2D eigenvalue weighted by Gasteiger charge is -2.16. The third kappa shape index (κ3) is 4.30. The van der Waals surface area contributed by atoms with E-state index in [0.29, 0.717) is 24.3 Å². The molecule has 1 aromatic carbocycles. The van der Waals surface area contributed by atoms with Gasteiger partial charge in [-0.05, 0) is 30.4 Å². The van der Waals surface area contributed by atoms with Gasteiger partial charge in [0.05, 0.1) is 38.6 Å². The van der Waals surface area contributed by atoms with Crippen molar-refractivity contribution < 1.29 is 28.5 Å². The molecule has 0 atom stereocenters. The smallest absolute Gasteiger partial charge is 0.339 e. The quantitative estimate of drug-likeness (QED) is 0.779. The SMILES string of the molecule is COC(=O)c1c2ccc(c1C(=O)OC)COCCCCCOC2. The molecule has 6 nitrogen and oxygen atoms in total. The normalized spacial score (nSPS) is 15.9. The number of hydrogen-bond donors (Lipinski definition) is 0. The highest BCUT2D eigenvalue weighted by molar-refractivity contribution is 6.05. The summed E-state index contributed by atoms with van der Waals surface area (Å²) in [5.41, 5.74) is 1.61. The molecule has 0 radical (unpaired) electrons. The van der Waals surface area contributed by atoms with Crippen molar-refractivity contribution in [1.82, 2.24) is 0 Å². The molecule has 0 aliphatic carbocycles. The van der Waals surface area contributed by atoms with E-state index >= 15 is 0 Å². The summed E-state index contributed by atoms with van der Waals surface area (Å²) in [7, 11) is 2.57. The molecule has 2 bridgehead atoms. The van der Waals surface area contributed by atoms with E-state index in [1.54, 1.807) is 12.1 Å². The third-order valence-corrected chi connectivity index (χ3v) is 3.75. The van der Waals surface area contributed by atoms with Gasteiger partial charge in [-0.25, -0.2) is 9.59 Å². The molecular formula is C17H22O6. The summed E-state index contributed by atoms with van der Waals surface area (Å²) in [5, 5.41) is 0. The number of ether oxygens (including phenoxy) is 4. The van der Waals surface area contributed by atoms with Crippen molar-refractivity contribution in [3.63, 3.8) is 0 Å². The number of hydrogen-bond acceptors (Lipinski definition) is 6. The third-order valence-electron chi connectivity index (χ3n) is 3.75. The highest BCUT2D eigenvalue weighted by Gasteiger charge is 2.26. The fraction of sp³-hybridized carbons (Fsp3) is 0.529. The highest BCUT2D eigenvalue weighted by atomic mass is 16.5. The van der Waals surface area contributed by atoms with E-state index < -0.39 is 11.9 Å². The average molecular weight is 322 g/mol. The topological polar surface area (TPSA) is 71.1 Å². The summed E-state index contributed by atoms with van der Waals surface area (Å²) >= 11 is 0. The van der Waals surface area contributed by atoms with Crippen LogP contribution >= 0.6 is 0 Å². The van der Waals surface area contributed by atoms with E-state index in [1.165, 1.54) is 14.2 Å². The first-order valence-corrected chi connectivity index (χ1v) is 7.66. The molecule has 2 aliphatic rings. The minimum atomic E-state index is -0.583. The molecule has 3 rings (SSSR count). The lowest BCUT2D eigenvalue weighted by Crippen LogP contribution is -2.18. The maximum Gasteiger partial charge on any atom is 0.339 e. The van der Waals surface area contributed by atoms with Crippen LogP contribution in [0.2, 0.25) is 0 Å². The number of methoxy groups -OCH3 is 2. The molecule has 2 heterocycles. The van der Waals surface area contributed by atoms with Crippen LogP contribution in [0.3, 0.4) is 0 Å². The molecule has 126 valence electrons. The van der Waals surface area contributed by atoms with Crippen molar-refractivity contribution in [1.29, 1.82) is 0 Å². The van der Waals surface area contributed by atoms with Crippen LogP contribution in [-0.2, 0) is 32.2 Å². The van der Waals surface area contributed by atoms with Crippen LogP contribution < -0.4 is 0 Å². The predicted molar refractivity (Wildman–Crippen MR) is 82.3 cm³/mol. The summed E-state index contributed by atoms with van der Waals surface area (Å²) in [4.78, 5) is 24.4. The van der Waals surface area contributed by atoms with Gasteiger partial charge in [0.15, 0.2) is 0 Å². The van der Waals surface area contributed by atoms with Gasteiger partial charge < -0.3 is 18.9 Å². The molecular weight excluding hydrogens is 300 g/mol. The van der Waals surface area contributed by atoms with Crippen LogP contribution in [0.1, 0.15) is 51.1 Å². The molecule has 0 amide bonds. The number of esters is 2. The molecule has 6 heteroatoms. The van der Waals surface area contributed by atoms with Crippen molar-refractivity contribution >= 4 is 11.9 Å². The Morgan fingerprint density at radius 3 is 1.65 bits per heavy atom. The number of fused-ring (bicyclic) bond motifs is 10. The van der Waals surface area contributed by atoms with Crippen LogP contribution in [0.15, 0.2) is 12.1 Å². The molecule has 2 aliphatic heterocycles. The Balaban J connectivity index is 2.51. The van der Waals surface area contributed by atoms with Crippen LogP contribution in [0.25, 0.3) is 0 Å². The van der Waals surface area contributed by atoms with Crippen molar-refractivity contribution in [2.24, 2.45) is 0 Å². The van der Waals surface area contributed by atoms with Crippen LogP contribution in [0.4, 0.5) is 0 Å². The van der Waals surface area contributed by atoms with E-state index in [2.05, 4.69) is 0 Å². The van der Waals surface area contributed by atoms with Crippen LogP contribution in [0.5, 0.6) is 0 Å². The van der Waals surface area contributed by atoms with E-state index in [4.69, 9.17) is 18.9 Å². The highest BCUT2D eigenvalue weighted by Crippen LogP contribution is 2.24. The van der Waals surface area contributed by atoms with Crippen LogP contribution in [0, 0.1) is 0 Å². The van der Waals surface area contributed by atoms with Crippen molar-refractivity contribution in [2.75, 3.05) is 27.4 Å². The summed E-state index contributed by atoms with van der Waals surface area (Å²) in [5.74, 6) is -1.17. The number of carbonyl (C=O) groups is 2. The number of benzene rings is 1. The molecule has 1 aromatic rings. The predicted octanol–water partition coefficient (Wildman–Crippen LogP) is 2.48. The Morgan fingerprint density at radius 2 is 1.26 bits per heavy atom. The Kier molecular flexibility index (Phi) is 6.55. The lowest BCUT2D eigenvalue weighted by atomic mass is 9.96. The van der Waals surface area contributed by atoms with Gasteiger partial charge in [-0.1, -0.05) is 12.1 Å². The summed E-state index contributed by atoms with van der Waals surface area (Å²) < 4.78 is 21.0. The first-order valence-electron chi connectivity index (χ1n) is 7.66. The molecule has 0 saturated carbocycles. The summed E-state index contributed by atoms with van der Waals surface area (Å²) in [6.07, 6.45) is 2.87. The van der Waals surface area contributed by atoms with Gasteiger partial charge in [0, 0.05) is 13.2 Å². The van der Waals surface area contributed by atoms with Gasteiger partial charge in [-0.2, -0.15) is 0 Å². The zero-order valence-corrected chi connectivity index (χ0v) is 13.6. The molecule has 0 unspecified atom stereocenters. The zero-order chi connectivity index (χ0) is 16.7. The van der Waals surface area contributed by atoms with Gasteiger partial charge >= 0.3 is 11.9 Å². The van der Waals surface area contributed by atoms with Gasteiger partial charge in [0.2, 0.25) is 0 Å². The van der Waals surface area contributed by atoms with Gasteiger partial charge in [-0.15, -0.1) is 0 Å². The van der Waals surface area contributed by atoms with E-state index in [1.807, 2.05) is 0 Å². The summed E-state index contributed by atoms with van der Waals surface area (Å²) in [6, 6.07) is 3.55. The Hall–Kier alpha value is -1.92. The minimum absolute atomic E-state index is 0.194. The lowest BCUT2D eigenvalue weighted by molar-refractivity contribution is 0.0544. The number of rotatable bonds is 2. The van der Waals surface area contributed by atoms with Gasteiger partial charge in [0.25, 0.3) is 0 Å². The molecule has 0 fully saturated rings. The standard InChI is InChI=1S/C17H22O6/c1-20-16(18)14-12-6-7-13(15(14)17(19)21-2)11-23-9-5-3-4-8-22-10-12/h6-7H,3-5,8-11H2,1-2H3. The van der Waals surface area contributed by atoms with E-state index in [0.717, 1.165) is 19.3 Å². The average Bonchev–Trinajstić information content (AvgIpc) is 2.61. The second-order valence-corrected chi connectivity index (χ2v) is 5.28. The van der Waals surface area contributed by atoms with Crippen molar-refractivity contribution in [2.45, 2.75) is 32.5 Å². The first kappa shape index (κ1) is 17.4. The van der Waals surface area contributed by atoms with Gasteiger partial charge in [-0.3, -0.25) is 0 Å². The van der Waals surface area contributed by atoms with E-state index in [-0.39, 0.29) is 24.3 Å². The van der Waals surface area contributed by atoms with Crippen molar-refractivity contribution in [3.8, 4) is 0 Å². The Bertz CT molecular complexity index is 517. The molecule has 23 heavy (non-hydrogen) atoms. The number of carbonyl (C=O) groups excluding carboxylic acids is 2. The fourth-order valence-corrected chi connectivity index (χ4v) is 2.55. The maximum absolute atomic E-state index is 12.2. The van der Waals surface area contributed by atoms with Crippen molar-refractivity contribution in [3.05, 3.63) is 34.4 Å². The second kappa shape index (κ2) is 8.64. The Morgan fingerprint density at radius 1 is 0.826 bits per heavy atom. The molecule has 0 aromatic heterocycles. The fourth-order valence-electron chi connectivity index (χ4n) is 2.55. The monoisotopic (exact) mass is 322 g/mol. The first-order chi connectivity index (χ1) is 11.2. The van der Waals surface area contributed by atoms with Crippen LogP contribution in [-0.4, -0.2) is 39.4 Å².